The number of nitrogens with zero attached hydrogens (tertiary/aromatic N) is 6. The molecule has 2 aromatic carbocycles. The van der Waals surface area contributed by atoms with Crippen LogP contribution in [0, 0.1) is 24.5 Å². The maximum Gasteiger partial charge on any atom is 0.291 e. The first-order valence-electron chi connectivity index (χ1n) is 16.6. The summed E-state index contributed by atoms with van der Waals surface area (Å²) in [6, 6.07) is 7.39. The molecule has 0 radical (unpaired) electrons. The van der Waals surface area contributed by atoms with Gasteiger partial charge in [-0.05, 0) is 44.2 Å². The Labute approximate surface area is 298 Å². The predicted molar refractivity (Wildman–Crippen MR) is 185 cm³/mol. The molecule has 2 atom stereocenters. The van der Waals surface area contributed by atoms with Crippen LogP contribution < -0.4 is 10.6 Å². The topological polar surface area (TPSA) is 147 Å². The van der Waals surface area contributed by atoms with Crippen molar-refractivity contribution in [2.24, 2.45) is 13.0 Å². The van der Waals surface area contributed by atoms with Crippen LogP contribution in [0.25, 0.3) is 22.4 Å². The van der Waals surface area contributed by atoms with Gasteiger partial charge in [-0.2, -0.15) is 5.10 Å². The number of nitrogens with one attached hydrogen (secondary N) is 2. The van der Waals surface area contributed by atoms with E-state index in [1.165, 1.54) is 54.3 Å². The summed E-state index contributed by atoms with van der Waals surface area (Å²) < 4.78 is 39.0. The van der Waals surface area contributed by atoms with Gasteiger partial charge in [0.1, 0.15) is 0 Å². The van der Waals surface area contributed by atoms with Gasteiger partial charge in [-0.1, -0.05) is 17.7 Å². The number of aliphatic hydroxyl groups is 1. The fraction of sp³-hybridized carbons (Fsp3) is 0.400. The number of hydrogen-bond donors (Lipinski definition) is 3. The van der Waals surface area contributed by atoms with Crippen LogP contribution in [0.4, 0.5) is 14.5 Å². The summed E-state index contributed by atoms with van der Waals surface area (Å²) in [5.41, 5.74) is 1.82. The molecule has 0 saturated carbocycles. The van der Waals surface area contributed by atoms with Crippen molar-refractivity contribution in [3.05, 3.63) is 76.5 Å². The van der Waals surface area contributed by atoms with Gasteiger partial charge in [-0.25, -0.2) is 13.8 Å². The number of piperazine rings is 1. The number of ether oxygens (including phenoxy) is 1. The number of piperidine rings is 1. The van der Waals surface area contributed by atoms with E-state index in [-0.39, 0.29) is 45.0 Å². The van der Waals surface area contributed by atoms with Gasteiger partial charge in [-0.3, -0.25) is 19.1 Å². The van der Waals surface area contributed by atoms with Crippen molar-refractivity contribution in [3.63, 3.8) is 0 Å². The molecule has 0 bridgehead atoms. The zero-order valence-electron chi connectivity index (χ0n) is 28.5. The number of aliphatic hydroxyl groups excluding tert-OH is 1. The minimum absolute atomic E-state index is 0.0575. The maximum absolute atomic E-state index is 15.5. The molecular formula is C35H39ClF2N8O5. The fourth-order valence-corrected chi connectivity index (χ4v) is 6.82. The molecule has 2 unspecified atom stereocenters. The molecule has 13 nitrogen and oxygen atoms in total. The molecule has 2 aromatic heterocycles. The number of amides is 3. The fourth-order valence-electron chi connectivity index (χ4n) is 6.56. The first-order chi connectivity index (χ1) is 24.5. The van der Waals surface area contributed by atoms with Crippen LogP contribution in [0.2, 0.25) is 5.02 Å². The molecule has 2 aliphatic heterocycles. The summed E-state index contributed by atoms with van der Waals surface area (Å²) in [5.74, 6) is -3.69. The third kappa shape index (κ3) is 7.24. The average molecular weight is 725 g/mol. The highest BCUT2D eigenvalue weighted by Gasteiger charge is 2.35. The molecule has 2 fully saturated rings. The number of anilines is 1. The van der Waals surface area contributed by atoms with Crippen LogP contribution in [0.3, 0.4) is 0 Å². The Balaban J connectivity index is 1.10. The zero-order valence-corrected chi connectivity index (χ0v) is 29.2. The van der Waals surface area contributed by atoms with Crippen molar-refractivity contribution >= 4 is 35.0 Å². The number of carbonyl (C=O) groups is 3. The number of methoxy groups -OCH3 is 1. The lowest BCUT2D eigenvalue weighted by Gasteiger charge is -2.38. The lowest BCUT2D eigenvalue weighted by molar-refractivity contribution is -0.141. The van der Waals surface area contributed by atoms with E-state index in [0.29, 0.717) is 75.8 Å². The molecule has 2 aliphatic rings. The molecule has 4 aromatic rings. The van der Waals surface area contributed by atoms with Gasteiger partial charge in [0.05, 0.1) is 53.8 Å². The van der Waals surface area contributed by atoms with Gasteiger partial charge >= 0.3 is 0 Å². The van der Waals surface area contributed by atoms with E-state index in [1.807, 2.05) is 0 Å². The minimum Gasteiger partial charge on any atom is -0.391 e. The normalized spacial score (nSPS) is 17.9. The van der Waals surface area contributed by atoms with Crippen LogP contribution >= 0.6 is 11.6 Å². The third-order valence-corrected chi connectivity index (χ3v) is 9.87. The van der Waals surface area contributed by atoms with Crippen molar-refractivity contribution in [3.8, 4) is 22.4 Å². The SMILES string of the molecule is COCCn1ncc(-c2ccc(-c3cnc(C(=O)Nc4ccc(C(=O)N5CCN(C(=O)C6CCNCC6O)CC5)c(Cl)c4)n3C)c(F)c2F)c1C. The molecule has 6 rings (SSSR count). The maximum atomic E-state index is 15.5. The molecule has 51 heavy (non-hydrogen) atoms. The van der Waals surface area contributed by atoms with E-state index in [1.54, 1.807) is 28.5 Å². The van der Waals surface area contributed by atoms with Crippen molar-refractivity contribution in [1.82, 2.24) is 34.4 Å². The molecule has 0 aliphatic carbocycles. The smallest absolute Gasteiger partial charge is 0.291 e. The summed E-state index contributed by atoms with van der Waals surface area (Å²) in [4.78, 5) is 47.0. The molecule has 0 spiro atoms. The Morgan fingerprint density at radius 1 is 1.04 bits per heavy atom. The predicted octanol–water partition coefficient (Wildman–Crippen LogP) is 3.34. The molecule has 16 heteroatoms. The molecule has 3 N–H and O–H groups in total. The van der Waals surface area contributed by atoms with Gasteiger partial charge in [0, 0.05) is 75.0 Å². The Morgan fingerprint density at radius 3 is 2.45 bits per heavy atom. The van der Waals surface area contributed by atoms with Crippen molar-refractivity contribution in [2.45, 2.75) is 26.0 Å². The standard InChI is InChI=1S/C35H39ClF2N8O5/c1-20-26(17-41-46(20)14-15-51-3)22-6-7-24(31(38)30(22)37)28-18-40-32(43(28)2)33(48)42-21-4-5-23(27(36)16-21)34(49)44-10-12-45(13-11-44)35(50)25-8-9-39-19-29(25)47/h4-7,16-18,25,29,39,47H,8-15,19H2,1-3H3,(H,42,48). The summed E-state index contributed by atoms with van der Waals surface area (Å²) in [7, 11) is 3.09. The monoisotopic (exact) mass is 724 g/mol. The zero-order chi connectivity index (χ0) is 36.4. The molecule has 3 amide bonds. The second kappa shape index (κ2) is 15.3. The van der Waals surface area contributed by atoms with E-state index in [4.69, 9.17) is 16.3 Å². The van der Waals surface area contributed by atoms with Crippen LogP contribution in [-0.4, -0.2) is 111 Å². The highest BCUT2D eigenvalue weighted by molar-refractivity contribution is 6.34. The number of rotatable bonds is 9. The van der Waals surface area contributed by atoms with Crippen LogP contribution in [-0.2, 0) is 23.1 Å². The number of aromatic nitrogens is 4. The quantitative estimate of drug-likeness (QED) is 0.238. The average Bonchev–Trinajstić information content (AvgIpc) is 3.69. The van der Waals surface area contributed by atoms with E-state index >= 15 is 8.78 Å². The lowest BCUT2D eigenvalue weighted by atomic mass is 9.93. The van der Waals surface area contributed by atoms with Gasteiger partial charge < -0.3 is 34.8 Å². The van der Waals surface area contributed by atoms with Gasteiger partial charge in [0.15, 0.2) is 17.5 Å². The number of benzene rings is 2. The van der Waals surface area contributed by atoms with Gasteiger partial charge in [-0.15, -0.1) is 0 Å². The van der Waals surface area contributed by atoms with E-state index in [2.05, 4.69) is 20.7 Å². The Kier molecular flexibility index (Phi) is 10.8. The van der Waals surface area contributed by atoms with Gasteiger partial charge in [0.25, 0.3) is 11.8 Å². The van der Waals surface area contributed by atoms with E-state index < -0.39 is 29.6 Å². The molecular weight excluding hydrogens is 686 g/mol. The number of β-amino-alcohol motifs (C(OH)–C–C–N with tert-alkyl or cyclic N) is 1. The van der Waals surface area contributed by atoms with Crippen LogP contribution in [0.5, 0.6) is 0 Å². The summed E-state index contributed by atoms with van der Waals surface area (Å²) in [5, 5.41) is 20.4. The number of carbonyl (C=O) groups excluding carboxylic acids is 3. The first kappa shape index (κ1) is 36.1. The number of halogens is 3. The first-order valence-corrected chi connectivity index (χ1v) is 17.0. The van der Waals surface area contributed by atoms with Crippen molar-refractivity contribution < 1.29 is 33.0 Å². The third-order valence-electron chi connectivity index (χ3n) is 9.55. The van der Waals surface area contributed by atoms with E-state index in [9.17, 15) is 19.5 Å². The second-order valence-electron chi connectivity index (χ2n) is 12.6. The van der Waals surface area contributed by atoms with Crippen molar-refractivity contribution in [2.75, 3.05) is 58.3 Å². The highest BCUT2D eigenvalue weighted by Crippen LogP contribution is 2.33. The summed E-state index contributed by atoms with van der Waals surface area (Å²) >= 11 is 6.50. The number of hydrogen-bond acceptors (Lipinski definition) is 8. The number of imidazole rings is 1. The molecule has 4 heterocycles. The molecule has 2 saturated heterocycles. The Morgan fingerprint density at radius 2 is 1.75 bits per heavy atom. The second-order valence-corrected chi connectivity index (χ2v) is 13.0. The highest BCUT2D eigenvalue weighted by atomic mass is 35.5. The molecule has 270 valence electrons. The largest absolute Gasteiger partial charge is 0.391 e. The lowest BCUT2D eigenvalue weighted by Crippen LogP contribution is -2.55. The van der Waals surface area contributed by atoms with Gasteiger partial charge in [0.2, 0.25) is 5.91 Å². The Bertz CT molecular complexity index is 1960. The van der Waals surface area contributed by atoms with E-state index in [0.717, 1.165) is 0 Å². The summed E-state index contributed by atoms with van der Waals surface area (Å²) in [6.07, 6.45) is 2.61. The van der Waals surface area contributed by atoms with Crippen molar-refractivity contribution in [1.29, 1.82) is 0 Å². The summed E-state index contributed by atoms with van der Waals surface area (Å²) in [6.45, 7) is 5.03. The van der Waals surface area contributed by atoms with Crippen LogP contribution in [0.1, 0.15) is 33.1 Å². The van der Waals surface area contributed by atoms with Crippen LogP contribution in [0.15, 0.2) is 42.7 Å². The Hall–Kier alpha value is -4.70. The minimum atomic E-state index is -1.09.